The van der Waals surface area contributed by atoms with Gasteiger partial charge in [-0.2, -0.15) is 0 Å². The van der Waals surface area contributed by atoms with Crippen molar-refractivity contribution < 1.29 is 23.9 Å². The van der Waals surface area contributed by atoms with E-state index in [1.54, 1.807) is 49.6 Å². The second-order valence-corrected chi connectivity index (χ2v) is 9.77. The summed E-state index contributed by atoms with van der Waals surface area (Å²) in [4.78, 5) is 49.0. The Balaban J connectivity index is 1.66. The number of nitrogens with one attached hydrogen (secondary N) is 3. The summed E-state index contributed by atoms with van der Waals surface area (Å²) < 4.78 is 11.6. The first-order chi connectivity index (χ1) is 20.2. The number of hydrogen-bond donors (Lipinski definition) is 3. The molecule has 0 aliphatic carbocycles. The Morgan fingerprint density at radius 1 is 0.952 bits per heavy atom. The summed E-state index contributed by atoms with van der Waals surface area (Å²) in [7, 11) is 1.56. The zero-order valence-electron chi connectivity index (χ0n) is 24.9. The molecule has 0 fully saturated rings. The van der Waals surface area contributed by atoms with E-state index in [-0.39, 0.29) is 19.0 Å². The van der Waals surface area contributed by atoms with Crippen LogP contribution in [0.15, 0.2) is 61.1 Å². The third-order valence-electron chi connectivity index (χ3n) is 6.51. The maximum Gasteiger partial charge on any atom is 0.329 e. The number of urea groups is 1. The van der Waals surface area contributed by atoms with Crippen LogP contribution in [0.4, 0.5) is 4.79 Å². The molecule has 0 aliphatic rings. The van der Waals surface area contributed by atoms with Gasteiger partial charge in [-0.15, -0.1) is 0 Å². The first-order valence-electron chi connectivity index (χ1n) is 14.0. The van der Waals surface area contributed by atoms with Crippen molar-refractivity contribution in [2.45, 2.75) is 59.2 Å². The lowest BCUT2D eigenvalue weighted by molar-refractivity contribution is -0.179. The SMILES string of the molecule is CCOC(OCC)C(C)N(Cc1cccc2cccnc12)C(=O)C(C)NC(=O)CN(C)NC(=O)NCc1ccncc1. The number of carbonyl (C=O) groups excluding carboxylic acids is 3. The van der Waals surface area contributed by atoms with Gasteiger partial charge in [0.25, 0.3) is 0 Å². The summed E-state index contributed by atoms with van der Waals surface area (Å²) in [6.45, 7) is 8.44. The van der Waals surface area contributed by atoms with Gasteiger partial charge in [0.05, 0.1) is 18.1 Å². The fourth-order valence-corrected chi connectivity index (χ4v) is 4.45. The van der Waals surface area contributed by atoms with Gasteiger partial charge in [0.2, 0.25) is 11.8 Å². The Kier molecular flexibility index (Phi) is 12.6. The van der Waals surface area contributed by atoms with Gasteiger partial charge < -0.3 is 25.0 Å². The molecule has 3 rings (SSSR count). The predicted molar refractivity (Wildman–Crippen MR) is 159 cm³/mol. The molecule has 0 bridgehead atoms. The van der Waals surface area contributed by atoms with Crippen molar-refractivity contribution >= 4 is 28.7 Å². The van der Waals surface area contributed by atoms with E-state index in [1.165, 1.54) is 5.01 Å². The summed E-state index contributed by atoms with van der Waals surface area (Å²) in [5, 5.41) is 7.78. The Morgan fingerprint density at radius 2 is 1.64 bits per heavy atom. The van der Waals surface area contributed by atoms with Crippen LogP contribution < -0.4 is 16.1 Å². The average Bonchev–Trinajstić information content (AvgIpc) is 2.98. The second-order valence-electron chi connectivity index (χ2n) is 9.77. The Labute approximate surface area is 246 Å². The topological polar surface area (TPSA) is 138 Å². The molecule has 0 saturated carbocycles. The molecular formula is C30H41N7O5. The number of amides is 4. The molecule has 12 heteroatoms. The number of nitrogens with zero attached hydrogens (tertiary/aromatic N) is 4. The van der Waals surface area contributed by atoms with Crippen LogP contribution in [-0.4, -0.2) is 82.9 Å². The third-order valence-corrected chi connectivity index (χ3v) is 6.51. The molecule has 226 valence electrons. The fraction of sp³-hybridized carbons (Fsp3) is 0.433. The monoisotopic (exact) mass is 579 g/mol. The highest BCUT2D eigenvalue weighted by atomic mass is 16.7. The normalized spacial score (nSPS) is 12.6. The molecule has 3 aromatic rings. The van der Waals surface area contributed by atoms with Crippen molar-refractivity contribution in [3.05, 3.63) is 72.2 Å². The molecule has 0 aliphatic heterocycles. The van der Waals surface area contributed by atoms with Gasteiger partial charge in [0.15, 0.2) is 6.29 Å². The molecule has 2 heterocycles. The maximum absolute atomic E-state index is 13.8. The summed E-state index contributed by atoms with van der Waals surface area (Å²) in [6.07, 6.45) is 4.35. The van der Waals surface area contributed by atoms with Crippen LogP contribution in [0, 0.1) is 0 Å². The van der Waals surface area contributed by atoms with Crippen molar-refractivity contribution in [2.24, 2.45) is 0 Å². The van der Waals surface area contributed by atoms with Crippen molar-refractivity contribution in [3.8, 4) is 0 Å². The van der Waals surface area contributed by atoms with E-state index in [9.17, 15) is 14.4 Å². The van der Waals surface area contributed by atoms with Crippen LogP contribution in [0.5, 0.6) is 0 Å². The number of benzene rings is 1. The number of aromatic nitrogens is 2. The number of hydrazine groups is 1. The zero-order chi connectivity index (χ0) is 30.5. The lowest BCUT2D eigenvalue weighted by Gasteiger charge is -2.36. The first-order valence-corrected chi connectivity index (χ1v) is 14.0. The standard InChI is InChI=1S/C30H41N7O5/c1-6-41-29(42-7-2)22(4)37(19-25-11-8-10-24-12-9-15-32-27(24)25)28(39)21(3)34-26(38)20-36(5)35-30(40)33-18-23-13-16-31-17-14-23/h8-17,21-22,29H,6-7,18-20H2,1-5H3,(H,34,38)(H2,33,35,40). The molecule has 1 aromatic carbocycles. The number of fused-ring (bicyclic) bond motifs is 1. The first kappa shape index (κ1) is 32.4. The number of para-hydroxylation sites is 1. The van der Waals surface area contributed by atoms with Gasteiger partial charge >= 0.3 is 6.03 Å². The fourth-order valence-electron chi connectivity index (χ4n) is 4.45. The zero-order valence-corrected chi connectivity index (χ0v) is 24.9. The van der Waals surface area contributed by atoms with Crippen molar-refractivity contribution in [1.82, 2.24) is 35.9 Å². The van der Waals surface area contributed by atoms with Crippen LogP contribution in [-0.2, 0) is 32.2 Å². The average molecular weight is 580 g/mol. The Morgan fingerprint density at radius 3 is 2.33 bits per heavy atom. The summed E-state index contributed by atoms with van der Waals surface area (Å²) in [5.41, 5.74) is 5.13. The van der Waals surface area contributed by atoms with Crippen molar-refractivity contribution in [1.29, 1.82) is 0 Å². The summed E-state index contributed by atoms with van der Waals surface area (Å²) >= 11 is 0. The summed E-state index contributed by atoms with van der Waals surface area (Å²) in [5.74, 6) is -0.739. The van der Waals surface area contributed by atoms with Gasteiger partial charge in [-0.1, -0.05) is 24.3 Å². The lowest BCUT2D eigenvalue weighted by atomic mass is 10.1. The van der Waals surface area contributed by atoms with E-state index in [1.807, 2.05) is 51.1 Å². The van der Waals surface area contributed by atoms with E-state index in [4.69, 9.17) is 9.47 Å². The maximum atomic E-state index is 13.8. The molecule has 4 amide bonds. The molecule has 0 spiro atoms. The molecule has 12 nitrogen and oxygen atoms in total. The third kappa shape index (κ3) is 9.47. The van der Waals surface area contributed by atoms with Crippen molar-refractivity contribution in [3.63, 3.8) is 0 Å². The highest BCUT2D eigenvalue weighted by Gasteiger charge is 2.32. The van der Waals surface area contributed by atoms with Gasteiger partial charge in [-0.05, 0) is 57.0 Å². The number of ether oxygens (including phenoxy) is 2. The van der Waals surface area contributed by atoms with Gasteiger partial charge in [0.1, 0.15) is 6.04 Å². The smallest absolute Gasteiger partial charge is 0.329 e. The van der Waals surface area contributed by atoms with Crippen LogP contribution in [0.2, 0.25) is 0 Å². The number of likely N-dealkylation sites (N-methyl/N-ethyl adjacent to an activating group) is 1. The van der Waals surface area contributed by atoms with E-state index in [0.29, 0.717) is 19.8 Å². The highest BCUT2D eigenvalue weighted by Crippen LogP contribution is 2.21. The summed E-state index contributed by atoms with van der Waals surface area (Å²) in [6, 6.07) is 11.5. The minimum absolute atomic E-state index is 0.163. The quantitative estimate of drug-likeness (QED) is 0.185. The molecule has 0 saturated heterocycles. The molecule has 2 aromatic heterocycles. The highest BCUT2D eigenvalue weighted by molar-refractivity contribution is 5.89. The largest absolute Gasteiger partial charge is 0.351 e. The minimum Gasteiger partial charge on any atom is -0.351 e. The molecule has 3 N–H and O–H groups in total. The van der Waals surface area contributed by atoms with E-state index < -0.39 is 30.3 Å². The number of pyridine rings is 2. The van der Waals surface area contributed by atoms with Gasteiger partial charge in [-0.3, -0.25) is 25.0 Å². The Hall–Kier alpha value is -4.13. The molecule has 0 radical (unpaired) electrons. The Bertz CT molecular complexity index is 1300. The molecule has 2 atom stereocenters. The predicted octanol–water partition coefficient (Wildman–Crippen LogP) is 2.60. The number of rotatable bonds is 15. The molecule has 42 heavy (non-hydrogen) atoms. The van der Waals surface area contributed by atoms with Crippen LogP contribution in [0.3, 0.4) is 0 Å². The lowest BCUT2D eigenvalue weighted by Crippen LogP contribution is -2.55. The van der Waals surface area contributed by atoms with Crippen molar-refractivity contribution in [2.75, 3.05) is 26.8 Å². The molecule has 2 unspecified atom stereocenters. The van der Waals surface area contributed by atoms with Crippen LogP contribution in [0.1, 0.15) is 38.8 Å². The minimum atomic E-state index is -0.860. The number of hydrogen-bond acceptors (Lipinski definition) is 8. The van der Waals surface area contributed by atoms with E-state index in [0.717, 1.165) is 22.0 Å². The van der Waals surface area contributed by atoms with E-state index >= 15 is 0 Å². The van der Waals surface area contributed by atoms with Gasteiger partial charge in [-0.25, -0.2) is 9.80 Å². The van der Waals surface area contributed by atoms with Crippen LogP contribution >= 0.6 is 0 Å². The number of carbonyl (C=O) groups is 3. The second kappa shape index (κ2) is 16.3. The molecular weight excluding hydrogens is 538 g/mol. The van der Waals surface area contributed by atoms with Gasteiger partial charge in [0, 0.05) is 57.3 Å². The van der Waals surface area contributed by atoms with E-state index in [2.05, 4.69) is 26.0 Å². The van der Waals surface area contributed by atoms with Crippen LogP contribution in [0.25, 0.3) is 10.9 Å².